The molecule has 0 unspecified atom stereocenters. The number of ether oxygens (including phenoxy) is 1. The molecule has 25 heavy (non-hydrogen) atoms. The van der Waals surface area contributed by atoms with Crippen LogP contribution in [0.3, 0.4) is 0 Å². The fourth-order valence-electron chi connectivity index (χ4n) is 3.20. The van der Waals surface area contributed by atoms with Crippen molar-refractivity contribution in [1.29, 1.82) is 0 Å². The average Bonchev–Trinajstić information content (AvgIpc) is 2.53. The molecule has 1 N–H and O–H groups in total. The zero-order chi connectivity index (χ0) is 18.9. The molecule has 2 atom stereocenters. The van der Waals surface area contributed by atoms with Gasteiger partial charge in [-0.05, 0) is 31.9 Å². The highest BCUT2D eigenvalue weighted by Crippen LogP contribution is 2.36. The highest BCUT2D eigenvalue weighted by atomic mass is 32.2. The smallest absolute Gasteiger partial charge is 0.338 e. The Hall–Kier alpha value is -1.86. The zero-order valence-electron chi connectivity index (χ0n) is 15.2. The van der Waals surface area contributed by atoms with Gasteiger partial charge in [-0.15, -0.1) is 0 Å². The van der Waals surface area contributed by atoms with Crippen molar-refractivity contribution in [3.8, 4) is 0 Å². The van der Waals surface area contributed by atoms with Crippen LogP contribution in [-0.2, 0) is 19.6 Å². The van der Waals surface area contributed by atoms with Gasteiger partial charge in [0.15, 0.2) is 0 Å². The Labute approximate surface area is 149 Å². The van der Waals surface area contributed by atoms with E-state index in [1.165, 1.54) is 11.4 Å². The fraction of sp³-hybridized carbons (Fsp3) is 0.500. The van der Waals surface area contributed by atoms with Gasteiger partial charge < -0.3 is 9.84 Å². The molecule has 0 spiro atoms. The second-order valence-corrected chi connectivity index (χ2v) is 8.53. The number of aliphatic hydroxyl groups is 1. The Morgan fingerprint density at radius 3 is 2.32 bits per heavy atom. The number of aliphatic hydroxyl groups excluding tert-OH is 1. The molecule has 138 valence electrons. The van der Waals surface area contributed by atoms with Crippen LogP contribution in [0.2, 0.25) is 0 Å². The molecule has 0 aliphatic carbocycles. The largest absolute Gasteiger partial charge is 0.512 e. The van der Waals surface area contributed by atoms with Gasteiger partial charge >= 0.3 is 5.97 Å². The lowest BCUT2D eigenvalue weighted by Gasteiger charge is -2.41. The van der Waals surface area contributed by atoms with E-state index in [1.54, 1.807) is 31.2 Å². The number of rotatable bonds is 4. The minimum Gasteiger partial charge on any atom is -0.512 e. The summed E-state index contributed by atoms with van der Waals surface area (Å²) in [4.78, 5) is 12.2. The molecule has 6 nitrogen and oxygen atoms in total. The zero-order valence-corrected chi connectivity index (χ0v) is 16.0. The van der Waals surface area contributed by atoms with E-state index in [2.05, 4.69) is 0 Å². The number of hydrogen-bond acceptors (Lipinski definition) is 5. The van der Waals surface area contributed by atoms with E-state index >= 15 is 0 Å². The van der Waals surface area contributed by atoms with Crippen molar-refractivity contribution in [3.05, 3.63) is 41.2 Å². The Balaban J connectivity index is 2.58. The second kappa shape index (κ2) is 7.17. The molecule has 1 aliphatic heterocycles. The first-order valence-electron chi connectivity index (χ1n) is 8.21. The Morgan fingerprint density at radius 1 is 1.28 bits per heavy atom. The molecule has 1 aliphatic rings. The van der Waals surface area contributed by atoms with Crippen molar-refractivity contribution in [2.24, 2.45) is 5.92 Å². The van der Waals surface area contributed by atoms with E-state index in [9.17, 15) is 18.3 Å². The molecule has 0 bridgehead atoms. The van der Waals surface area contributed by atoms with Crippen molar-refractivity contribution >= 4 is 16.0 Å². The lowest BCUT2D eigenvalue weighted by Crippen LogP contribution is -2.53. The minimum atomic E-state index is -3.84. The molecule has 1 aromatic carbocycles. The summed E-state index contributed by atoms with van der Waals surface area (Å²) in [5.74, 6) is -0.853. The number of hydrogen-bond donors (Lipinski definition) is 1. The van der Waals surface area contributed by atoms with Crippen molar-refractivity contribution < 1.29 is 23.1 Å². The third-order valence-electron chi connectivity index (χ3n) is 4.61. The predicted octanol–water partition coefficient (Wildman–Crippen LogP) is 2.79. The lowest BCUT2D eigenvalue weighted by atomic mass is 9.90. The summed E-state index contributed by atoms with van der Waals surface area (Å²) in [5, 5.41) is 10.3. The predicted molar refractivity (Wildman–Crippen MR) is 94.6 cm³/mol. The van der Waals surface area contributed by atoms with Crippen LogP contribution < -0.4 is 0 Å². The molecule has 0 aromatic heterocycles. The molecule has 0 saturated carbocycles. The maximum Gasteiger partial charge on any atom is 0.338 e. The van der Waals surface area contributed by atoms with Gasteiger partial charge in [0.2, 0.25) is 10.0 Å². The summed E-state index contributed by atoms with van der Waals surface area (Å²) in [5.41, 5.74) is 0.953. The maximum atomic E-state index is 13.3. The van der Waals surface area contributed by atoms with Crippen molar-refractivity contribution in [1.82, 2.24) is 4.31 Å². The van der Waals surface area contributed by atoms with Crippen molar-refractivity contribution in [2.45, 2.75) is 51.1 Å². The van der Waals surface area contributed by atoms with Gasteiger partial charge in [0.1, 0.15) is 5.76 Å². The third kappa shape index (κ3) is 3.57. The molecule has 1 heterocycles. The Morgan fingerprint density at radius 2 is 1.84 bits per heavy atom. The van der Waals surface area contributed by atoms with E-state index in [0.717, 1.165) is 5.56 Å². The highest BCUT2D eigenvalue weighted by molar-refractivity contribution is 7.89. The van der Waals surface area contributed by atoms with E-state index in [1.807, 2.05) is 20.8 Å². The van der Waals surface area contributed by atoms with E-state index in [-0.39, 0.29) is 28.6 Å². The highest BCUT2D eigenvalue weighted by Gasteiger charge is 2.45. The molecule has 0 fully saturated rings. The second-order valence-electron chi connectivity index (χ2n) is 6.69. The molecule has 1 aromatic rings. The van der Waals surface area contributed by atoms with E-state index < -0.39 is 28.1 Å². The number of carbonyl (C=O) groups is 1. The summed E-state index contributed by atoms with van der Waals surface area (Å²) >= 11 is 0. The normalized spacial score (nSPS) is 22.3. The van der Waals surface area contributed by atoms with Gasteiger partial charge in [-0.25, -0.2) is 13.2 Å². The van der Waals surface area contributed by atoms with Gasteiger partial charge in [-0.3, -0.25) is 0 Å². The summed E-state index contributed by atoms with van der Waals surface area (Å²) in [6.07, 6.45) is 0.0809. The first-order valence-corrected chi connectivity index (χ1v) is 9.65. The molecule has 0 amide bonds. The molecule has 0 saturated heterocycles. The number of aryl methyl sites for hydroxylation is 1. The van der Waals surface area contributed by atoms with Crippen LogP contribution in [0, 0.1) is 12.8 Å². The van der Waals surface area contributed by atoms with Gasteiger partial charge in [0.25, 0.3) is 0 Å². The van der Waals surface area contributed by atoms with Crippen LogP contribution >= 0.6 is 0 Å². The van der Waals surface area contributed by atoms with Gasteiger partial charge in [-0.1, -0.05) is 31.5 Å². The van der Waals surface area contributed by atoms with Gasteiger partial charge in [-0.2, -0.15) is 4.31 Å². The molecule has 0 radical (unpaired) electrons. The number of sulfonamides is 1. The molecule has 2 rings (SSSR count). The van der Waals surface area contributed by atoms with E-state index in [0.29, 0.717) is 0 Å². The van der Waals surface area contributed by atoms with Crippen molar-refractivity contribution in [3.63, 3.8) is 0 Å². The Kier molecular flexibility index (Phi) is 5.58. The number of benzene rings is 1. The molecule has 7 heteroatoms. The van der Waals surface area contributed by atoms with Crippen LogP contribution in [0.1, 0.15) is 32.8 Å². The van der Waals surface area contributed by atoms with Gasteiger partial charge in [0, 0.05) is 12.5 Å². The van der Waals surface area contributed by atoms with Crippen LogP contribution in [-0.4, -0.2) is 43.0 Å². The topological polar surface area (TPSA) is 83.9 Å². The summed E-state index contributed by atoms with van der Waals surface area (Å²) < 4.78 is 32.6. The fourth-order valence-corrected chi connectivity index (χ4v) is 5.12. The first-order chi connectivity index (χ1) is 11.6. The molecular weight excluding hydrogens is 342 g/mol. The van der Waals surface area contributed by atoms with E-state index in [4.69, 9.17) is 4.74 Å². The number of carbonyl (C=O) groups excluding carboxylic acids is 1. The van der Waals surface area contributed by atoms with Crippen LogP contribution in [0.4, 0.5) is 0 Å². The maximum absolute atomic E-state index is 13.3. The summed E-state index contributed by atoms with van der Waals surface area (Å²) in [6, 6.07) is 5.32. The van der Waals surface area contributed by atoms with Crippen LogP contribution in [0.25, 0.3) is 0 Å². The summed E-state index contributed by atoms with van der Waals surface area (Å²) in [7, 11) is -2.63. The number of nitrogens with zero attached hydrogens (tertiary/aromatic N) is 1. The summed E-state index contributed by atoms with van der Waals surface area (Å²) in [6.45, 7) is 7.27. The average molecular weight is 367 g/mol. The number of methoxy groups -OCH3 is 1. The quantitative estimate of drug-likeness (QED) is 0.827. The molecular formula is C18H25NO5S. The standard InChI is InChI=1S/C18H25NO5S/c1-11(2)15-10-16(20)17(18(21)24-5)13(4)19(15)25(22,23)14-8-6-12(3)7-9-14/h6-9,11,13,15,20H,10H2,1-5H3/t13-,15-/m0/s1. The van der Waals surface area contributed by atoms with Crippen LogP contribution in [0.5, 0.6) is 0 Å². The first kappa shape index (κ1) is 19.5. The van der Waals surface area contributed by atoms with Crippen molar-refractivity contribution in [2.75, 3.05) is 7.11 Å². The number of esters is 1. The Bertz CT molecular complexity index is 780. The van der Waals surface area contributed by atoms with Crippen LogP contribution in [0.15, 0.2) is 40.5 Å². The SMILES string of the molecule is COC(=O)C1=C(O)C[C@@H](C(C)C)N(S(=O)(=O)c2ccc(C)cc2)[C@H]1C. The lowest BCUT2D eigenvalue weighted by molar-refractivity contribution is -0.137. The monoisotopic (exact) mass is 367 g/mol. The van der Waals surface area contributed by atoms with Gasteiger partial charge in [0.05, 0.1) is 23.6 Å². The minimum absolute atomic E-state index is 0.00455. The third-order valence-corrected chi connectivity index (χ3v) is 6.62.